The number of amides is 1. The molecule has 4 nitrogen and oxygen atoms in total. The van der Waals surface area contributed by atoms with Crippen molar-refractivity contribution in [2.75, 3.05) is 12.4 Å². The minimum Gasteiger partial charge on any atom is -0.465 e. The molecule has 3 rings (SSSR count). The molecule has 0 unspecified atom stereocenters. The van der Waals surface area contributed by atoms with Gasteiger partial charge in [-0.05, 0) is 53.9 Å². The number of thiophene rings is 1. The molecule has 1 heterocycles. The third kappa shape index (κ3) is 5.15. The van der Waals surface area contributed by atoms with Gasteiger partial charge in [0, 0.05) is 11.0 Å². The van der Waals surface area contributed by atoms with Crippen LogP contribution >= 0.6 is 11.3 Å². The molecule has 5 heteroatoms. The summed E-state index contributed by atoms with van der Waals surface area (Å²) in [6.07, 6.45) is 8.46. The molecule has 29 heavy (non-hydrogen) atoms. The van der Waals surface area contributed by atoms with E-state index in [0.29, 0.717) is 10.6 Å². The number of fused-ring (bicyclic) bond motifs is 1. The minimum absolute atomic E-state index is 0.0983. The van der Waals surface area contributed by atoms with Crippen LogP contribution in [0, 0.1) is 0 Å². The Hall–Kier alpha value is -2.40. The molecule has 0 saturated carbocycles. The van der Waals surface area contributed by atoms with Crippen molar-refractivity contribution >= 4 is 34.3 Å². The second-order valence-corrected chi connectivity index (χ2v) is 9.56. The molecule has 0 aliphatic heterocycles. The van der Waals surface area contributed by atoms with Gasteiger partial charge in [0.1, 0.15) is 5.00 Å². The van der Waals surface area contributed by atoms with Crippen molar-refractivity contribution in [2.45, 2.75) is 58.3 Å². The number of ether oxygens (including phenoxy) is 1. The molecule has 2 aromatic rings. The number of anilines is 1. The maximum absolute atomic E-state index is 12.5. The van der Waals surface area contributed by atoms with Crippen LogP contribution in [0.4, 0.5) is 5.00 Å². The summed E-state index contributed by atoms with van der Waals surface area (Å²) in [5.41, 5.74) is 3.90. The number of carbonyl (C=O) groups excluding carboxylic acids is 2. The Bertz CT molecular complexity index is 917. The van der Waals surface area contributed by atoms with Gasteiger partial charge < -0.3 is 10.1 Å². The molecule has 1 aromatic heterocycles. The van der Waals surface area contributed by atoms with E-state index in [1.807, 2.05) is 12.1 Å². The average Bonchev–Trinajstić information content (AvgIpc) is 2.85. The molecule has 1 N–H and O–H groups in total. The average molecular weight is 412 g/mol. The van der Waals surface area contributed by atoms with Crippen molar-refractivity contribution < 1.29 is 14.3 Å². The van der Waals surface area contributed by atoms with Gasteiger partial charge in [-0.2, -0.15) is 0 Å². The molecule has 1 aliphatic carbocycles. The summed E-state index contributed by atoms with van der Waals surface area (Å²) in [4.78, 5) is 26.1. The van der Waals surface area contributed by atoms with Crippen LogP contribution in [-0.4, -0.2) is 19.0 Å². The van der Waals surface area contributed by atoms with E-state index < -0.39 is 0 Å². The molecular formula is C24H29NO3S. The highest BCUT2D eigenvalue weighted by atomic mass is 32.1. The monoisotopic (exact) mass is 411 g/mol. The van der Waals surface area contributed by atoms with Gasteiger partial charge in [0.2, 0.25) is 5.91 Å². The smallest absolute Gasteiger partial charge is 0.341 e. The van der Waals surface area contributed by atoms with Crippen molar-refractivity contribution in [1.29, 1.82) is 0 Å². The van der Waals surface area contributed by atoms with Crippen molar-refractivity contribution in [1.82, 2.24) is 0 Å². The van der Waals surface area contributed by atoms with Crippen molar-refractivity contribution in [3.8, 4) is 0 Å². The normalized spacial score (nSPS) is 14.3. The first-order valence-electron chi connectivity index (χ1n) is 10.1. The summed E-state index contributed by atoms with van der Waals surface area (Å²) in [7, 11) is 1.38. The highest BCUT2D eigenvalue weighted by molar-refractivity contribution is 7.17. The van der Waals surface area contributed by atoms with Gasteiger partial charge >= 0.3 is 5.97 Å². The Balaban J connectivity index is 1.76. The van der Waals surface area contributed by atoms with Crippen LogP contribution < -0.4 is 5.32 Å². The lowest BCUT2D eigenvalue weighted by atomic mass is 9.87. The molecule has 1 amide bonds. The maximum Gasteiger partial charge on any atom is 0.341 e. The molecule has 0 saturated heterocycles. The zero-order valence-corrected chi connectivity index (χ0v) is 18.4. The lowest BCUT2D eigenvalue weighted by molar-refractivity contribution is -0.111. The van der Waals surface area contributed by atoms with Crippen LogP contribution in [0.5, 0.6) is 0 Å². The molecule has 0 fully saturated rings. The predicted octanol–water partition coefficient (Wildman–Crippen LogP) is 5.75. The summed E-state index contributed by atoms with van der Waals surface area (Å²) < 4.78 is 4.99. The number of methoxy groups -OCH3 is 1. The van der Waals surface area contributed by atoms with Crippen LogP contribution in [0.2, 0.25) is 0 Å². The summed E-state index contributed by atoms with van der Waals surface area (Å²) in [5.74, 6) is -0.618. The van der Waals surface area contributed by atoms with Gasteiger partial charge in [0.05, 0.1) is 12.7 Å². The molecule has 1 aromatic carbocycles. The maximum atomic E-state index is 12.5. The fraction of sp³-hybridized carbons (Fsp3) is 0.417. The molecular weight excluding hydrogens is 382 g/mol. The second kappa shape index (κ2) is 8.95. The highest BCUT2D eigenvalue weighted by Crippen LogP contribution is 2.38. The van der Waals surface area contributed by atoms with Crippen molar-refractivity contribution in [3.63, 3.8) is 0 Å². The van der Waals surface area contributed by atoms with Crippen LogP contribution in [0.3, 0.4) is 0 Å². The lowest BCUT2D eigenvalue weighted by Crippen LogP contribution is -2.12. The molecule has 154 valence electrons. The molecule has 0 bridgehead atoms. The fourth-order valence-electron chi connectivity index (χ4n) is 3.57. The Labute approximate surface area is 177 Å². The summed E-state index contributed by atoms with van der Waals surface area (Å²) in [6, 6.07) is 8.20. The van der Waals surface area contributed by atoms with E-state index in [1.165, 1.54) is 41.4 Å². The lowest BCUT2D eigenvalue weighted by Gasteiger charge is -2.18. The van der Waals surface area contributed by atoms with E-state index in [2.05, 4.69) is 38.2 Å². The number of nitrogens with one attached hydrogen (secondary N) is 1. The Morgan fingerprint density at radius 1 is 1.07 bits per heavy atom. The standard InChI is InChI=1S/C24H29NO3S/c1-24(2,3)17-13-10-16(11-14-17)12-15-20(26)25-22-21(23(27)28-4)18-8-6-5-7-9-19(18)29-22/h10-15H,5-9H2,1-4H3,(H,25,26)/b15-12+. The van der Waals surface area contributed by atoms with Gasteiger partial charge in [0.15, 0.2) is 0 Å². The van der Waals surface area contributed by atoms with Crippen molar-refractivity contribution in [2.24, 2.45) is 0 Å². The first-order chi connectivity index (χ1) is 13.8. The molecule has 0 atom stereocenters. The minimum atomic E-state index is -0.374. The van der Waals surface area contributed by atoms with E-state index >= 15 is 0 Å². The number of esters is 1. The van der Waals surface area contributed by atoms with E-state index in [1.54, 1.807) is 6.08 Å². The largest absolute Gasteiger partial charge is 0.465 e. The van der Waals surface area contributed by atoms with Crippen LogP contribution in [-0.2, 0) is 27.8 Å². The first-order valence-corrected chi connectivity index (χ1v) is 10.9. The van der Waals surface area contributed by atoms with Gasteiger partial charge in [-0.3, -0.25) is 4.79 Å². The number of rotatable bonds is 4. The van der Waals surface area contributed by atoms with E-state index in [-0.39, 0.29) is 17.3 Å². The van der Waals surface area contributed by atoms with Gasteiger partial charge in [-0.25, -0.2) is 4.79 Å². The van der Waals surface area contributed by atoms with Gasteiger partial charge in [0.25, 0.3) is 0 Å². The number of aryl methyl sites for hydroxylation is 1. The highest BCUT2D eigenvalue weighted by Gasteiger charge is 2.25. The second-order valence-electron chi connectivity index (χ2n) is 8.45. The van der Waals surface area contributed by atoms with Crippen LogP contribution in [0.1, 0.15) is 72.0 Å². The fourth-order valence-corrected chi connectivity index (χ4v) is 4.85. The van der Waals surface area contributed by atoms with Gasteiger partial charge in [-0.1, -0.05) is 51.5 Å². The van der Waals surface area contributed by atoms with Crippen molar-refractivity contribution in [3.05, 3.63) is 57.5 Å². The summed E-state index contributed by atoms with van der Waals surface area (Å²) in [6.45, 7) is 6.52. The van der Waals surface area contributed by atoms with E-state index in [4.69, 9.17) is 4.74 Å². The third-order valence-corrected chi connectivity index (χ3v) is 6.46. The van der Waals surface area contributed by atoms with Gasteiger partial charge in [-0.15, -0.1) is 11.3 Å². The Morgan fingerprint density at radius 3 is 2.41 bits per heavy atom. The van der Waals surface area contributed by atoms with Crippen LogP contribution in [0.25, 0.3) is 6.08 Å². The van der Waals surface area contributed by atoms with Crippen LogP contribution in [0.15, 0.2) is 30.3 Å². The number of hydrogen-bond donors (Lipinski definition) is 1. The number of carbonyl (C=O) groups is 2. The Kier molecular flexibility index (Phi) is 6.58. The Morgan fingerprint density at radius 2 is 1.76 bits per heavy atom. The SMILES string of the molecule is COC(=O)c1c(NC(=O)/C=C/c2ccc(C(C)(C)C)cc2)sc2c1CCCCC2. The number of benzene rings is 1. The quantitative estimate of drug-likeness (QED) is 0.396. The summed E-state index contributed by atoms with van der Waals surface area (Å²) in [5, 5.41) is 3.50. The third-order valence-electron chi connectivity index (χ3n) is 5.25. The first kappa shape index (κ1) is 21.3. The predicted molar refractivity (Wildman–Crippen MR) is 120 cm³/mol. The van der Waals surface area contributed by atoms with E-state index in [0.717, 1.165) is 36.8 Å². The molecule has 1 aliphatic rings. The van der Waals surface area contributed by atoms with E-state index in [9.17, 15) is 9.59 Å². The molecule has 0 radical (unpaired) electrons. The summed E-state index contributed by atoms with van der Waals surface area (Å²) >= 11 is 1.51. The number of hydrogen-bond acceptors (Lipinski definition) is 4. The zero-order chi connectivity index (χ0) is 21.0. The topological polar surface area (TPSA) is 55.4 Å². The zero-order valence-electron chi connectivity index (χ0n) is 17.6. The molecule has 0 spiro atoms.